The molecule has 0 spiro atoms. The van der Waals surface area contributed by atoms with Crippen LogP contribution in [0.3, 0.4) is 0 Å². The molecule has 0 aliphatic heterocycles. The van der Waals surface area contributed by atoms with Crippen LogP contribution in [0.2, 0.25) is 0 Å². The second-order valence-electron chi connectivity index (χ2n) is 22.4. The topological polar surface area (TPSA) is 0 Å². The normalized spacial score (nSPS) is 47.1. The van der Waals surface area contributed by atoms with Crippen molar-refractivity contribution in [1.82, 2.24) is 0 Å². The number of hydrogen-bond donors (Lipinski definition) is 0. The van der Waals surface area contributed by atoms with Gasteiger partial charge in [-0.25, -0.2) is 14.3 Å². The molecule has 0 aromatic rings. The minimum absolute atomic E-state index is 0.565. The first kappa shape index (κ1) is 34.1. The summed E-state index contributed by atoms with van der Waals surface area (Å²) in [6, 6.07) is 0. The lowest BCUT2D eigenvalue weighted by atomic mass is 9.46. The fourth-order valence-electron chi connectivity index (χ4n) is 15.5. The van der Waals surface area contributed by atoms with Crippen molar-refractivity contribution in [2.45, 2.75) is 132 Å². The summed E-state index contributed by atoms with van der Waals surface area (Å²) in [5.41, 5.74) is 2.26. The van der Waals surface area contributed by atoms with E-state index in [4.69, 9.17) is 15.1 Å². The summed E-state index contributed by atoms with van der Waals surface area (Å²) >= 11 is 0. The van der Waals surface area contributed by atoms with Gasteiger partial charge in [-0.2, -0.15) is 0 Å². The van der Waals surface area contributed by atoms with Gasteiger partial charge >= 0.3 is 0 Å². The first-order valence-electron chi connectivity index (χ1n) is 20.7. The Hall–Kier alpha value is 0.990. The molecule has 0 nitrogen and oxygen atoms in total. The van der Waals surface area contributed by atoms with Crippen molar-refractivity contribution in [2.75, 3.05) is 37.0 Å². The molecule has 8 bridgehead atoms. The first-order chi connectivity index (χ1) is 21.4. The van der Waals surface area contributed by atoms with Crippen LogP contribution in [0, 0.1) is 92.7 Å². The fraction of sp³-hybridized carbons (Fsp3) is 1.00. The van der Waals surface area contributed by atoms with Crippen molar-refractivity contribution in [3.8, 4) is 0 Å². The van der Waals surface area contributed by atoms with Crippen LogP contribution in [-0.2, 0) is 0 Å². The minimum Gasteiger partial charge on any atom is -0.306 e. The molecule has 256 valence electrons. The predicted octanol–water partition coefficient (Wildman–Crippen LogP) is 11.5. The predicted molar refractivity (Wildman–Crippen MR) is 207 cm³/mol. The standard InChI is InChI=1S/C42H72B2P2/c1-39(2)31-13-9-27(35(39)19-31)23-45(43,24-28-10-14-32-20-36(28)40(32,3)4)17-18-46(44,25-29-11-15-33-21-37(29)41(33,5)6)26-30-12-16-34-22-38(30)42(34,7)8/h27-38H,9-26H2,1-8H3/t27-,28-,29-,30-,31-,32-,33-,34-,35-,36-,37-,38-/m0/s1. The highest BCUT2D eigenvalue weighted by Gasteiger charge is 2.59. The molecule has 0 unspecified atom stereocenters. The van der Waals surface area contributed by atoms with Gasteiger partial charge < -0.3 is 15.1 Å². The summed E-state index contributed by atoms with van der Waals surface area (Å²) in [6.45, 7) is 20.9. The van der Waals surface area contributed by atoms with E-state index in [1.165, 1.54) is 114 Å². The molecule has 0 aromatic carbocycles. The number of rotatable bonds is 11. The van der Waals surface area contributed by atoms with Crippen molar-refractivity contribution in [3.63, 3.8) is 0 Å². The second kappa shape index (κ2) is 11.2. The molecule has 0 N–H and O–H groups in total. The van der Waals surface area contributed by atoms with E-state index in [-0.39, 0.29) is 0 Å². The van der Waals surface area contributed by atoms with Crippen molar-refractivity contribution in [3.05, 3.63) is 0 Å². The highest BCUT2D eigenvalue weighted by Crippen LogP contribution is 2.74. The van der Waals surface area contributed by atoms with Gasteiger partial charge in [0.1, 0.15) is 0 Å². The van der Waals surface area contributed by atoms with Crippen LogP contribution in [-0.4, -0.2) is 52.1 Å². The zero-order valence-electron chi connectivity index (χ0n) is 31.7. The molecule has 12 fully saturated rings. The van der Waals surface area contributed by atoms with Gasteiger partial charge in [-0.3, -0.25) is 0 Å². The Morgan fingerprint density at radius 2 is 0.609 bits per heavy atom. The van der Waals surface area contributed by atoms with E-state index in [2.05, 4.69) is 55.4 Å². The molecule has 0 amide bonds. The van der Waals surface area contributed by atoms with Crippen molar-refractivity contribution < 1.29 is 0 Å². The Labute approximate surface area is 290 Å². The molecule has 12 rings (SSSR count). The quantitative estimate of drug-likeness (QED) is 0.153. The molecule has 0 heterocycles. The van der Waals surface area contributed by atoms with Crippen LogP contribution in [0.1, 0.15) is 132 Å². The Morgan fingerprint density at radius 1 is 0.391 bits per heavy atom. The Morgan fingerprint density at radius 3 is 0.783 bits per heavy atom. The summed E-state index contributed by atoms with van der Waals surface area (Å²) in [4.78, 5) is 0. The third kappa shape index (κ3) is 5.31. The molecule has 4 heteroatoms. The maximum Gasteiger partial charge on any atom is 0.0410 e. The zero-order valence-corrected chi connectivity index (χ0v) is 33.5. The molecule has 12 aliphatic carbocycles. The molecule has 12 atom stereocenters. The molecule has 6 radical (unpaired) electrons. The molecule has 12 aliphatic rings. The Kier molecular flexibility index (Phi) is 8.33. The lowest BCUT2D eigenvalue weighted by Gasteiger charge is -2.64. The molecular weight excluding hydrogens is 588 g/mol. The number of hydrogen-bond acceptors (Lipinski definition) is 0. The lowest BCUT2D eigenvalue weighted by molar-refractivity contribution is -0.0998. The molecule has 46 heavy (non-hydrogen) atoms. The average molecular weight is 661 g/mol. The van der Waals surface area contributed by atoms with Gasteiger partial charge in [-0.05, 0) is 170 Å². The summed E-state index contributed by atoms with van der Waals surface area (Å²) in [6.07, 6.45) is 26.1. The Bertz CT molecular complexity index is 994. The van der Waals surface area contributed by atoms with E-state index in [9.17, 15) is 0 Å². The average Bonchev–Trinajstić information content (AvgIpc) is 3.00. The van der Waals surface area contributed by atoms with Gasteiger partial charge in [0.15, 0.2) is 0 Å². The first-order valence-corrected chi connectivity index (χ1v) is 25.5. The fourth-order valence-corrected chi connectivity index (χ4v) is 25.2. The van der Waals surface area contributed by atoms with Crippen LogP contribution in [0.4, 0.5) is 0 Å². The highest BCUT2D eigenvalue weighted by molar-refractivity contribution is 8.00. The van der Waals surface area contributed by atoms with E-state index in [1.54, 1.807) is 0 Å². The third-order valence-corrected chi connectivity index (χ3v) is 26.8. The van der Waals surface area contributed by atoms with Crippen molar-refractivity contribution in [1.29, 1.82) is 0 Å². The van der Waals surface area contributed by atoms with Crippen LogP contribution in [0.15, 0.2) is 0 Å². The third-order valence-electron chi connectivity index (χ3n) is 19.4. The van der Waals surface area contributed by atoms with Gasteiger partial charge in [-0.1, -0.05) is 55.4 Å². The van der Waals surface area contributed by atoms with Crippen LogP contribution >= 0.6 is 14.3 Å². The summed E-state index contributed by atoms with van der Waals surface area (Å²) in [5, 5.41) is 0. The van der Waals surface area contributed by atoms with Crippen molar-refractivity contribution in [2.24, 2.45) is 92.7 Å². The summed E-state index contributed by atoms with van der Waals surface area (Å²) in [7, 11) is 13.1. The molecular formula is C42H72B2P2. The van der Waals surface area contributed by atoms with Gasteiger partial charge in [0.2, 0.25) is 0 Å². The summed E-state index contributed by atoms with van der Waals surface area (Å²) < 4.78 is 0. The number of fused-ring (bicyclic) bond motifs is 8. The minimum atomic E-state index is -1.56. The largest absolute Gasteiger partial charge is 0.306 e. The molecule has 12 saturated carbocycles. The van der Waals surface area contributed by atoms with Crippen LogP contribution < -0.4 is 0 Å². The van der Waals surface area contributed by atoms with Gasteiger partial charge in [0, 0.05) is 37.0 Å². The summed E-state index contributed by atoms with van der Waals surface area (Å²) in [5.74, 6) is 11.3. The van der Waals surface area contributed by atoms with E-state index in [0.717, 1.165) is 71.0 Å². The van der Waals surface area contributed by atoms with E-state index in [0.29, 0.717) is 21.7 Å². The van der Waals surface area contributed by atoms with Crippen molar-refractivity contribution >= 4 is 29.4 Å². The van der Waals surface area contributed by atoms with Crippen LogP contribution in [0.5, 0.6) is 0 Å². The maximum atomic E-state index is 8.10. The SMILES string of the molecule is [B-][P+](CC[P+]([B-])(C[C@@H]1CC[C@H]2C[C@@H]1C2(C)C)C[C@@H]1CC[C@H]2C[C@@H]1C2(C)C)(C[C@@H]1CC[C@H]2C[C@@H]1C2(C)C)C[C@@H]1CC[C@H]2C[C@@H]1C2(C)C. The maximum absolute atomic E-state index is 8.10. The highest BCUT2D eigenvalue weighted by atomic mass is 31.2. The molecule has 0 saturated heterocycles. The van der Waals surface area contributed by atoms with Gasteiger partial charge in [0.25, 0.3) is 0 Å². The smallest absolute Gasteiger partial charge is 0.0410 e. The monoisotopic (exact) mass is 661 g/mol. The van der Waals surface area contributed by atoms with Crippen LogP contribution in [0.25, 0.3) is 0 Å². The van der Waals surface area contributed by atoms with E-state index in [1.807, 2.05) is 0 Å². The van der Waals surface area contributed by atoms with E-state index < -0.39 is 14.3 Å². The second-order valence-corrected chi connectivity index (χ2v) is 29.6. The Balaban J connectivity index is 1.04. The molecule has 0 aromatic heterocycles. The lowest BCUT2D eigenvalue weighted by Crippen LogP contribution is -2.55. The zero-order chi connectivity index (χ0) is 32.7. The van der Waals surface area contributed by atoms with Gasteiger partial charge in [0.05, 0.1) is 0 Å². The van der Waals surface area contributed by atoms with Gasteiger partial charge in [-0.15, -0.1) is 0 Å². The van der Waals surface area contributed by atoms with E-state index >= 15 is 0 Å².